The van der Waals surface area contributed by atoms with Crippen molar-refractivity contribution in [1.82, 2.24) is 10.3 Å². The molecular formula is C18H22FN3OS. The molecule has 1 aliphatic carbocycles. The lowest BCUT2D eigenvalue weighted by atomic mass is 9.92. The summed E-state index contributed by atoms with van der Waals surface area (Å²) in [7, 11) is 0. The van der Waals surface area contributed by atoms with Crippen LogP contribution in [0.4, 0.5) is 4.39 Å². The van der Waals surface area contributed by atoms with Crippen LogP contribution < -0.4 is 11.1 Å². The zero-order valence-corrected chi connectivity index (χ0v) is 14.5. The number of hydrogen-bond donors (Lipinski definition) is 2. The number of nitrogens with zero attached hydrogens (tertiary/aromatic N) is 1. The number of hydrogen-bond acceptors (Lipinski definition) is 4. The number of rotatable bonds is 4. The van der Waals surface area contributed by atoms with Gasteiger partial charge in [-0.25, -0.2) is 9.37 Å². The maximum Gasteiger partial charge on any atom is 0.263 e. The molecular weight excluding hydrogens is 325 g/mol. The molecule has 0 saturated heterocycles. The van der Waals surface area contributed by atoms with E-state index in [0.717, 1.165) is 41.9 Å². The van der Waals surface area contributed by atoms with Crippen molar-refractivity contribution < 1.29 is 9.18 Å². The third-order valence-corrected chi connectivity index (χ3v) is 5.58. The third kappa shape index (κ3) is 4.19. The van der Waals surface area contributed by atoms with Gasteiger partial charge in [0, 0.05) is 18.5 Å². The molecule has 0 atom stereocenters. The smallest absolute Gasteiger partial charge is 0.263 e. The largest absolute Gasteiger partial charge is 0.349 e. The molecule has 3 rings (SSSR count). The predicted octanol–water partition coefficient (Wildman–Crippen LogP) is 3.18. The molecule has 1 fully saturated rings. The average Bonchev–Trinajstić information content (AvgIpc) is 2.92. The molecule has 24 heavy (non-hydrogen) atoms. The number of nitrogens with one attached hydrogen (secondary N) is 1. The molecule has 1 heterocycles. The van der Waals surface area contributed by atoms with Crippen LogP contribution in [-0.2, 0) is 6.42 Å². The molecule has 6 heteroatoms. The van der Waals surface area contributed by atoms with E-state index in [1.54, 1.807) is 12.1 Å². The highest BCUT2D eigenvalue weighted by Crippen LogP contribution is 2.23. The first-order chi connectivity index (χ1) is 11.5. The topological polar surface area (TPSA) is 68.0 Å². The van der Waals surface area contributed by atoms with Crippen molar-refractivity contribution >= 4 is 17.2 Å². The van der Waals surface area contributed by atoms with Crippen LogP contribution in [0.1, 0.15) is 51.6 Å². The molecule has 0 spiro atoms. The van der Waals surface area contributed by atoms with Crippen LogP contribution in [-0.4, -0.2) is 23.0 Å². The van der Waals surface area contributed by atoms with Gasteiger partial charge in [-0.1, -0.05) is 12.1 Å². The zero-order valence-electron chi connectivity index (χ0n) is 13.7. The summed E-state index contributed by atoms with van der Waals surface area (Å²) < 4.78 is 13.0. The summed E-state index contributed by atoms with van der Waals surface area (Å²) in [4.78, 5) is 17.7. The molecule has 3 N–H and O–H groups in total. The van der Waals surface area contributed by atoms with Gasteiger partial charge in [0.15, 0.2) is 0 Å². The number of carbonyl (C=O) groups excluding carboxylic acids is 1. The first kappa shape index (κ1) is 17.0. The van der Waals surface area contributed by atoms with Gasteiger partial charge in [0.2, 0.25) is 0 Å². The van der Waals surface area contributed by atoms with E-state index in [0.29, 0.717) is 11.3 Å². The van der Waals surface area contributed by atoms with Crippen LogP contribution in [0.25, 0.3) is 0 Å². The van der Waals surface area contributed by atoms with Crippen LogP contribution in [0, 0.1) is 12.7 Å². The fourth-order valence-corrected chi connectivity index (χ4v) is 4.03. The van der Waals surface area contributed by atoms with E-state index in [1.165, 1.54) is 23.5 Å². The van der Waals surface area contributed by atoms with Crippen LogP contribution in [0.2, 0.25) is 0 Å². The number of carbonyl (C=O) groups is 1. The highest BCUT2D eigenvalue weighted by atomic mass is 32.1. The summed E-state index contributed by atoms with van der Waals surface area (Å²) in [6.07, 6.45) is 4.41. The van der Waals surface area contributed by atoms with Gasteiger partial charge >= 0.3 is 0 Å². The van der Waals surface area contributed by atoms with Crippen molar-refractivity contribution in [1.29, 1.82) is 0 Å². The van der Waals surface area contributed by atoms with Crippen LogP contribution in [0.5, 0.6) is 0 Å². The van der Waals surface area contributed by atoms with Gasteiger partial charge in [0.25, 0.3) is 5.91 Å². The van der Waals surface area contributed by atoms with Crippen molar-refractivity contribution in [2.45, 2.75) is 51.1 Å². The highest BCUT2D eigenvalue weighted by Gasteiger charge is 2.22. The Morgan fingerprint density at radius 3 is 2.62 bits per heavy atom. The predicted molar refractivity (Wildman–Crippen MR) is 93.8 cm³/mol. The first-order valence-corrected chi connectivity index (χ1v) is 9.10. The molecule has 128 valence electrons. The minimum absolute atomic E-state index is 0.0455. The number of aryl methyl sites for hydroxylation is 1. The Bertz CT molecular complexity index is 706. The Labute approximate surface area is 145 Å². The van der Waals surface area contributed by atoms with Crippen LogP contribution in [0.3, 0.4) is 0 Å². The van der Waals surface area contributed by atoms with E-state index < -0.39 is 0 Å². The quantitative estimate of drug-likeness (QED) is 0.892. The summed E-state index contributed by atoms with van der Waals surface area (Å²) in [6, 6.07) is 6.85. The Kier molecular flexibility index (Phi) is 5.26. The zero-order chi connectivity index (χ0) is 17.1. The first-order valence-electron chi connectivity index (χ1n) is 8.28. The van der Waals surface area contributed by atoms with Gasteiger partial charge in [-0.15, -0.1) is 11.3 Å². The second-order valence-electron chi connectivity index (χ2n) is 6.41. The lowest BCUT2D eigenvalue weighted by Gasteiger charge is -2.26. The fraction of sp³-hybridized carbons (Fsp3) is 0.444. The summed E-state index contributed by atoms with van der Waals surface area (Å²) in [5, 5.41) is 3.98. The average molecular weight is 347 g/mol. The Balaban J connectivity index is 1.64. The van der Waals surface area contributed by atoms with E-state index in [1.807, 2.05) is 6.92 Å². The van der Waals surface area contributed by atoms with Gasteiger partial charge in [0.1, 0.15) is 10.7 Å². The molecule has 0 aliphatic heterocycles. The number of benzene rings is 1. The monoisotopic (exact) mass is 347 g/mol. The number of halogens is 1. The Hall–Kier alpha value is -1.79. The van der Waals surface area contributed by atoms with E-state index in [2.05, 4.69) is 10.3 Å². The fourth-order valence-electron chi connectivity index (χ4n) is 3.03. The van der Waals surface area contributed by atoms with Crippen molar-refractivity contribution in [2.24, 2.45) is 5.73 Å². The van der Waals surface area contributed by atoms with E-state index in [4.69, 9.17) is 5.73 Å². The maximum atomic E-state index is 13.0. The van der Waals surface area contributed by atoms with Crippen molar-refractivity contribution in [2.75, 3.05) is 0 Å². The molecule has 1 aromatic carbocycles. The molecule has 1 aliphatic rings. The number of nitrogens with two attached hydrogens (primary N) is 1. The SMILES string of the molecule is Cc1nc(Cc2ccc(F)cc2)sc1C(=O)NC1CCC(N)CC1. The maximum absolute atomic E-state index is 13.0. The van der Waals surface area contributed by atoms with Crippen molar-refractivity contribution in [3.63, 3.8) is 0 Å². The number of thiazole rings is 1. The van der Waals surface area contributed by atoms with Crippen LogP contribution in [0.15, 0.2) is 24.3 Å². The van der Waals surface area contributed by atoms with Crippen molar-refractivity contribution in [3.8, 4) is 0 Å². The number of aromatic nitrogens is 1. The summed E-state index contributed by atoms with van der Waals surface area (Å²) >= 11 is 1.41. The van der Waals surface area contributed by atoms with E-state index in [9.17, 15) is 9.18 Å². The summed E-state index contributed by atoms with van der Waals surface area (Å²) in [5.41, 5.74) is 7.64. The second-order valence-corrected chi connectivity index (χ2v) is 7.49. The molecule has 0 unspecified atom stereocenters. The highest BCUT2D eigenvalue weighted by molar-refractivity contribution is 7.13. The van der Waals surface area contributed by atoms with Crippen LogP contribution >= 0.6 is 11.3 Å². The third-order valence-electron chi connectivity index (χ3n) is 4.42. The van der Waals surface area contributed by atoms with Crippen molar-refractivity contribution in [3.05, 3.63) is 51.2 Å². The van der Waals surface area contributed by atoms with Gasteiger partial charge in [-0.2, -0.15) is 0 Å². The normalized spacial score (nSPS) is 20.8. The number of amides is 1. The molecule has 1 aromatic heterocycles. The minimum atomic E-state index is -0.249. The van der Waals surface area contributed by atoms with E-state index in [-0.39, 0.29) is 23.8 Å². The molecule has 1 saturated carbocycles. The standard InChI is InChI=1S/C18H22FN3OS/c1-11-17(18(23)22-15-8-6-14(20)7-9-15)24-16(21-11)10-12-2-4-13(19)5-3-12/h2-5,14-15H,6-10,20H2,1H3,(H,22,23). The lowest BCUT2D eigenvalue weighted by Crippen LogP contribution is -2.40. The molecule has 2 aromatic rings. The summed E-state index contributed by atoms with van der Waals surface area (Å²) in [5.74, 6) is -0.294. The lowest BCUT2D eigenvalue weighted by molar-refractivity contribution is 0.0929. The minimum Gasteiger partial charge on any atom is -0.349 e. The molecule has 0 bridgehead atoms. The van der Waals surface area contributed by atoms with Gasteiger partial charge < -0.3 is 11.1 Å². The Morgan fingerprint density at radius 1 is 1.29 bits per heavy atom. The molecule has 1 amide bonds. The molecule has 4 nitrogen and oxygen atoms in total. The Morgan fingerprint density at radius 2 is 1.96 bits per heavy atom. The van der Waals surface area contributed by atoms with E-state index >= 15 is 0 Å². The van der Waals surface area contributed by atoms with Gasteiger partial charge in [-0.3, -0.25) is 4.79 Å². The van der Waals surface area contributed by atoms with Gasteiger partial charge in [0.05, 0.1) is 10.7 Å². The second kappa shape index (κ2) is 7.40. The summed E-state index contributed by atoms with van der Waals surface area (Å²) in [6.45, 7) is 1.86. The molecule has 0 radical (unpaired) electrons. The van der Waals surface area contributed by atoms with Gasteiger partial charge in [-0.05, 0) is 50.3 Å².